The number of methoxy groups -OCH3 is 1. The average molecular weight is 229 g/mol. The zero-order valence-electron chi connectivity index (χ0n) is 7.65. The minimum atomic E-state index is 0.911. The SMILES string of the molecule is COc1cc(C)c(CBr)c(C)c1. The first kappa shape index (κ1) is 9.59. The first-order chi connectivity index (χ1) is 5.69. The van der Waals surface area contributed by atoms with Crippen LogP contribution in [0, 0.1) is 13.8 Å². The zero-order valence-corrected chi connectivity index (χ0v) is 9.23. The van der Waals surface area contributed by atoms with Crippen LogP contribution in [-0.2, 0) is 5.33 Å². The van der Waals surface area contributed by atoms with Crippen molar-refractivity contribution in [1.29, 1.82) is 0 Å². The van der Waals surface area contributed by atoms with Gasteiger partial charge in [0.25, 0.3) is 0 Å². The van der Waals surface area contributed by atoms with Gasteiger partial charge in [-0.25, -0.2) is 0 Å². The number of hydrogen-bond acceptors (Lipinski definition) is 1. The number of alkyl halides is 1. The Morgan fingerprint density at radius 2 is 1.75 bits per heavy atom. The van der Waals surface area contributed by atoms with Crippen LogP contribution in [0.25, 0.3) is 0 Å². The number of hydrogen-bond donors (Lipinski definition) is 0. The summed E-state index contributed by atoms with van der Waals surface area (Å²) < 4.78 is 5.16. The van der Waals surface area contributed by atoms with Crippen molar-refractivity contribution in [2.75, 3.05) is 7.11 Å². The molecule has 66 valence electrons. The smallest absolute Gasteiger partial charge is 0.119 e. The van der Waals surface area contributed by atoms with Crippen molar-refractivity contribution in [3.8, 4) is 5.75 Å². The van der Waals surface area contributed by atoms with E-state index in [1.54, 1.807) is 7.11 Å². The molecular weight excluding hydrogens is 216 g/mol. The molecule has 0 saturated heterocycles. The van der Waals surface area contributed by atoms with E-state index in [-0.39, 0.29) is 0 Å². The summed E-state index contributed by atoms with van der Waals surface area (Å²) in [5.41, 5.74) is 3.92. The fourth-order valence-corrected chi connectivity index (χ4v) is 2.17. The summed E-state index contributed by atoms with van der Waals surface area (Å²) in [4.78, 5) is 0. The molecule has 0 bridgehead atoms. The number of rotatable bonds is 2. The molecule has 0 aliphatic rings. The maximum Gasteiger partial charge on any atom is 0.119 e. The fraction of sp³-hybridized carbons (Fsp3) is 0.400. The highest BCUT2D eigenvalue weighted by Gasteiger charge is 2.03. The van der Waals surface area contributed by atoms with Crippen LogP contribution < -0.4 is 4.74 Å². The van der Waals surface area contributed by atoms with Crippen LogP contribution >= 0.6 is 15.9 Å². The Kier molecular flexibility index (Phi) is 3.15. The van der Waals surface area contributed by atoms with Gasteiger partial charge in [0, 0.05) is 5.33 Å². The first-order valence-corrected chi connectivity index (χ1v) is 5.01. The van der Waals surface area contributed by atoms with E-state index in [9.17, 15) is 0 Å². The Balaban J connectivity index is 3.18. The van der Waals surface area contributed by atoms with Gasteiger partial charge < -0.3 is 4.74 Å². The van der Waals surface area contributed by atoms with Crippen LogP contribution in [0.15, 0.2) is 12.1 Å². The van der Waals surface area contributed by atoms with E-state index in [0.717, 1.165) is 11.1 Å². The lowest BCUT2D eigenvalue weighted by Crippen LogP contribution is -1.92. The molecule has 0 unspecified atom stereocenters. The number of aryl methyl sites for hydroxylation is 2. The van der Waals surface area contributed by atoms with E-state index >= 15 is 0 Å². The molecule has 1 aromatic rings. The summed E-state index contributed by atoms with van der Waals surface area (Å²) in [6, 6.07) is 4.12. The molecule has 0 saturated carbocycles. The summed E-state index contributed by atoms with van der Waals surface area (Å²) in [7, 11) is 1.70. The minimum absolute atomic E-state index is 0.911. The molecular formula is C10H13BrO. The van der Waals surface area contributed by atoms with Gasteiger partial charge in [0.05, 0.1) is 7.11 Å². The first-order valence-electron chi connectivity index (χ1n) is 3.89. The van der Waals surface area contributed by atoms with Gasteiger partial charge in [0.15, 0.2) is 0 Å². The summed E-state index contributed by atoms with van der Waals surface area (Å²) in [5.74, 6) is 0.940. The average Bonchev–Trinajstić information content (AvgIpc) is 2.03. The quantitative estimate of drug-likeness (QED) is 0.707. The molecule has 0 fully saturated rings. The number of benzene rings is 1. The third kappa shape index (κ3) is 1.81. The van der Waals surface area contributed by atoms with Gasteiger partial charge in [-0.15, -0.1) is 0 Å². The summed E-state index contributed by atoms with van der Waals surface area (Å²) in [5, 5.41) is 0.911. The van der Waals surface area contributed by atoms with Gasteiger partial charge in [-0.2, -0.15) is 0 Å². The second-order valence-electron chi connectivity index (χ2n) is 2.87. The Bertz CT molecular complexity index is 258. The van der Waals surface area contributed by atoms with Crippen molar-refractivity contribution in [2.24, 2.45) is 0 Å². The van der Waals surface area contributed by atoms with E-state index < -0.39 is 0 Å². The zero-order chi connectivity index (χ0) is 9.14. The molecule has 0 aromatic heterocycles. The molecule has 0 aliphatic carbocycles. The van der Waals surface area contributed by atoms with Gasteiger partial charge in [0.1, 0.15) is 5.75 Å². The van der Waals surface area contributed by atoms with E-state index in [1.165, 1.54) is 16.7 Å². The fourth-order valence-electron chi connectivity index (χ4n) is 1.28. The van der Waals surface area contributed by atoms with Gasteiger partial charge >= 0.3 is 0 Å². The van der Waals surface area contributed by atoms with Crippen LogP contribution in [0.2, 0.25) is 0 Å². The highest BCUT2D eigenvalue weighted by molar-refractivity contribution is 9.08. The van der Waals surface area contributed by atoms with E-state index in [0.29, 0.717) is 0 Å². The molecule has 1 nitrogen and oxygen atoms in total. The predicted octanol–water partition coefficient (Wildman–Crippen LogP) is 3.21. The Labute approximate surface area is 81.9 Å². The van der Waals surface area contributed by atoms with Crippen molar-refractivity contribution >= 4 is 15.9 Å². The molecule has 0 aliphatic heterocycles. The molecule has 0 atom stereocenters. The lowest BCUT2D eigenvalue weighted by atomic mass is 10.0. The van der Waals surface area contributed by atoms with Crippen molar-refractivity contribution in [3.05, 3.63) is 28.8 Å². The summed E-state index contributed by atoms with van der Waals surface area (Å²) >= 11 is 3.46. The third-order valence-electron chi connectivity index (χ3n) is 2.04. The standard InChI is InChI=1S/C10H13BrO/c1-7-4-9(12-3)5-8(2)10(7)6-11/h4-5H,6H2,1-3H3. The summed E-state index contributed by atoms with van der Waals surface area (Å²) in [6.07, 6.45) is 0. The van der Waals surface area contributed by atoms with Crippen molar-refractivity contribution in [2.45, 2.75) is 19.2 Å². The molecule has 1 rings (SSSR count). The number of ether oxygens (including phenoxy) is 1. The second kappa shape index (κ2) is 3.94. The van der Waals surface area contributed by atoms with Gasteiger partial charge in [-0.1, -0.05) is 15.9 Å². The molecule has 0 radical (unpaired) electrons. The summed E-state index contributed by atoms with van der Waals surface area (Å²) in [6.45, 7) is 4.21. The largest absolute Gasteiger partial charge is 0.497 e. The van der Waals surface area contributed by atoms with E-state index in [2.05, 4.69) is 41.9 Å². The molecule has 0 N–H and O–H groups in total. The van der Waals surface area contributed by atoms with Crippen molar-refractivity contribution in [1.82, 2.24) is 0 Å². The topological polar surface area (TPSA) is 9.23 Å². The van der Waals surface area contributed by atoms with E-state index in [1.807, 2.05) is 0 Å². The molecule has 2 heteroatoms. The van der Waals surface area contributed by atoms with Crippen molar-refractivity contribution < 1.29 is 4.74 Å². The molecule has 0 amide bonds. The maximum atomic E-state index is 5.16. The monoisotopic (exact) mass is 228 g/mol. The minimum Gasteiger partial charge on any atom is -0.497 e. The second-order valence-corrected chi connectivity index (χ2v) is 3.43. The van der Waals surface area contributed by atoms with Crippen LogP contribution in [0.5, 0.6) is 5.75 Å². The van der Waals surface area contributed by atoms with Crippen LogP contribution in [-0.4, -0.2) is 7.11 Å². The van der Waals surface area contributed by atoms with Gasteiger partial charge in [-0.05, 0) is 42.7 Å². The van der Waals surface area contributed by atoms with E-state index in [4.69, 9.17) is 4.74 Å². The van der Waals surface area contributed by atoms with Crippen LogP contribution in [0.4, 0.5) is 0 Å². The lowest BCUT2D eigenvalue weighted by molar-refractivity contribution is 0.414. The predicted molar refractivity (Wildman–Crippen MR) is 55.1 cm³/mol. The maximum absolute atomic E-state index is 5.16. The Morgan fingerprint density at radius 1 is 1.25 bits per heavy atom. The van der Waals surface area contributed by atoms with Gasteiger partial charge in [-0.3, -0.25) is 0 Å². The number of halogens is 1. The Morgan fingerprint density at radius 3 is 2.08 bits per heavy atom. The normalized spacial score (nSPS) is 10.0. The van der Waals surface area contributed by atoms with Crippen LogP contribution in [0.1, 0.15) is 16.7 Å². The Hall–Kier alpha value is -0.500. The molecule has 0 heterocycles. The van der Waals surface area contributed by atoms with Crippen LogP contribution in [0.3, 0.4) is 0 Å². The molecule has 12 heavy (non-hydrogen) atoms. The molecule has 1 aromatic carbocycles. The van der Waals surface area contributed by atoms with Gasteiger partial charge in [0.2, 0.25) is 0 Å². The molecule has 0 spiro atoms. The highest BCUT2D eigenvalue weighted by atomic mass is 79.9. The lowest BCUT2D eigenvalue weighted by Gasteiger charge is -2.09. The third-order valence-corrected chi connectivity index (χ3v) is 2.60. The highest BCUT2D eigenvalue weighted by Crippen LogP contribution is 2.23. The van der Waals surface area contributed by atoms with Crippen molar-refractivity contribution in [3.63, 3.8) is 0 Å².